The molecule has 0 aliphatic carbocycles. The summed E-state index contributed by atoms with van der Waals surface area (Å²) in [6.07, 6.45) is 1.45. The van der Waals surface area contributed by atoms with Gasteiger partial charge in [-0.2, -0.15) is 4.98 Å². The van der Waals surface area contributed by atoms with Gasteiger partial charge in [-0.25, -0.2) is 8.42 Å². The molecule has 3 heterocycles. The quantitative estimate of drug-likeness (QED) is 0.305. The van der Waals surface area contributed by atoms with Crippen molar-refractivity contribution in [3.05, 3.63) is 70.5 Å². The fourth-order valence-corrected chi connectivity index (χ4v) is 6.56. The highest BCUT2D eigenvalue weighted by Crippen LogP contribution is 2.36. The van der Waals surface area contributed by atoms with Crippen LogP contribution in [0.1, 0.15) is 17.0 Å². The van der Waals surface area contributed by atoms with Crippen LogP contribution in [0, 0.1) is 6.92 Å². The van der Waals surface area contributed by atoms with Gasteiger partial charge in [0.15, 0.2) is 0 Å². The molecule has 2 fully saturated rings. The van der Waals surface area contributed by atoms with Crippen LogP contribution >= 0.6 is 24.0 Å². The average Bonchev–Trinajstić information content (AvgIpc) is 3.47. The first-order chi connectivity index (χ1) is 18.3. The molecule has 2 aromatic carbocycles. The summed E-state index contributed by atoms with van der Waals surface area (Å²) in [4.78, 5) is 21.3. The SMILES string of the molecule is COc1ccc(CN2C(=O)C(=Cc3nc(S(=O)(=O)c4ccc(C)cc4)c(N4CCOCC4)o3)SC2=S)cc1. The van der Waals surface area contributed by atoms with E-state index >= 15 is 0 Å². The van der Waals surface area contributed by atoms with Crippen LogP contribution < -0.4 is 9.64 Å². The number of aryl methyl sites for hydroxylation is 1. The Labute approximate surface area is 230 Å². The summed E-state index contributed by atoms with van der Waals surface area (Å²) in [5, 5.41) is -0.191. The molecule has 1 amide bonds. The molecule has 0 radical (unpaired) electrons. The number of oxazole rings is 1. The maximum Gasteiger partial charge on any atom is 0.266 e. The van der Waals surface area contributed by atoms with Crippen molar-refractivity contribution < 1.29 is 27.1 Å². The number of carbonyl (C=O) groups is 1. The van der Waals surface area contributed by atoms with Crippen LogP contribution in [0.3, 0.4) is 0 Å². The van der Waals surface area contributed by atoms with E-state index in [0.717, 1.165) is 28.6 Å². The van der Waals surface area contributed by atoms with E-state index in [4.69, 9.17) is 26.1 Å². The number of sulfone groups is 1. The Morgan fingerprint density at radius 1 is 1.11 bits per heavy atom. The molecule has 0 saturated carbocycles. The van der Waals surface area contributed by atoms with Gasteiger partial charge in [0, 0.05) is 19.2 Å². The molecule has 198 valence electrons. The molecule has 5 rings (SSSR count). The number of amides is 1. The lowest BCUT2D eigenvalue weighted by Gasteiger charge is -2.26. The molecule has 3 aromatic rings. The summed E-state index contributed by atoms with van der Waals surface area (Å²) in [5.74, 6) is 0.566. The number of benzene rings is 2. The molecule has 0 N–H and O–H groups in total. The predicted molar refractivity (Wildman–Crippen MR) is 148 cm³/mol. The topological polar surface area (TPSA) is 102 Å². The Balaban J connectivity index is 1.46. The standard InChI is InChI=1S/C26H25N3O6S3/c1-17-3-9-20(10-4-17)38(31,32)23-25(28-11-13-34-14-12-28)35-22(27-23)15-21-24(30)29(26(36)37-21)16-18-5-7-19(33-2)8-6-18/h3-10,15H,11-14,16H2,1-2H3. The number of nitrogens with zero attached hydrogens (tertiary/aromatic N) is 3. The normalized spacial score (nSPS) is 17.5. The second-order valence-corrected chi connectivity index (χ2v) is 12.2. The first-order valence-corrected chi connectivity index (χ1v) is 14.5. The molecular weight excluding hydrogens is 547 g/mol. The van der Waals surface area contributed by atoms with Crippen LogP contribution in [0.2, 0.25) is 0 Å². The van der Waals surface area contributed by atoms with E-state index in [1.54, 1.807) is 36.3 Å². The van der Waals surface area contributed by atoms with Crippen molar-refractivity contribution in [2.45, 2.75) is 23.4 Å². The second kappa shape index (κ2) is 10.9. The van der Waals surface area contributed by atoms with Crippen LogP contribution in [0.15, 0.2) is 67.8 Å². The molecule has 0 spiro atoms. The fraction of sp³-hybridized carbons (Fsp3) is 0.269. The van der Waals surface area contributed by atoms with Crippen molar-refractivity contribution in [3.8, 4) is 5.75 Å². The predicted octanol–water partition coefficient (Wildman–Crippen LogP) is 4.06. The van der Waals surface area contributed by atoms with Crippen LogP contribution in [0.25, 0.3) is 6.08 Å². The summed E-state index contributed by atoms with van der Waals surface area (Å²) in [6, 6.07) is 13.9. The van der Waals surface area contributed by atoms with Gasteiger partial charge in [0.05, 0.1) is 36.7 Å². The van der Waals surface area contributed by atoms with Gasteiger partial charge in [-0.15, -0.1) is 0 Å². The maximum atomic E-state index is 13.6. The number of rotatable bonds is 7. The van der Waals surface area contributed by atoms with Crippen LogP contribution in [-0.2, 0) is 25.9 Å². The van der Waals surface area contributed by atoms with Crippen molar-refractivity contribution in [1.29, 1.82) is 0 Å². The third kappa shape index (κ3) is 5.35. The van der Waals surface area contributed by atoms with Gasteiger partial charge in [-0.05, 0) is 36.8 Å². The van der Waals surface area contributed by atoms with Gasteiger partial charge < -0.3 is 18.8 Å². The molecule has 0 bridgehead atoms. The monoisotopic (exact) mass is 571 g/mol. The minimum Gasteiger partial charge on any atom is -0.497 e. The molecule has 2 aliphatic rings. The maximum absolute atomic E-state index is 13.6. The first kappa shape index (κ1) is 26.4. The number of carbonyl (C=O) groups excluding carboxylic acids is 1. The van der Waals surface area contributed by atoms with Crippen LogP contribution in [0.4, 0.5) is 5.88 Å². The number of hydrogen-bond acceptors (Lipinski definition) is 10. The lowest BCUT2D eigenvalue weighted by molar-refractivity contribution is -0.122. The highest BCUT2D eigenvalue weighted by Gasteiger charge is 2.35. The number of thioether (sulfide) groups is 1. The Morgan fingerprint density at radius 3 is 2.45 bits per heavy atom. The van der Waals surface area contributed by atoms with Crippen molar-refractivity contribution in [2.24, 2.45) is 0 Å². The van der Waals surface area contributed by atoms with Crippen molar-refractivity contribution in [3.63, 3.8) is 0 Å². The number of morpholine rings is 1. The lowest BCUT2D eigenvalue weighted by atomic mass is 10.2. The van der Waals surface area contributed by atoms with E-state index in [9.17, 15) is 13.2 Å². The molecule has 9 nitrogen and oxygen atoms in total. The summed E-state index contributed by atoms with van der Waals surface area (Å²) in [6.45, 7) is 3.95. The molecule has 12 heteroatoms. The highest BCUT2D eigenvalue weighted by molar-refractivity contribution is 8.26. The zero-order valence-electron chi connectivity index (χ0n) is 20.7. The molecule has 38 heavy (non-hydrogen) atoms. The highest BCUT2D eigenvalue weighted by atomic mass is 32.2. The summed E-state index contributed by atoms with van der Waals surface area (Å²) in [7, 11) is -2.40. The van der Waals surface area contributed by atoms with Gasteiger partial charge in [0.1, 0.15) is 10.1 Å². The van der Waals surface area contributed by atoms with E-state index < -0.39 is 9.84 Å². The third-order valence-corrected chi connectivity index (χ3v) is 9.15. The van der Waals surface area contributed by atoms with E-state index in [1.165, 1.54) is 11.0 Å². The summed E-state index contributed by atoms with van der Waals surface area (Å²) >= 11 is 6.58. The number of ether oxygens (including phenoxy) is 2. The molecule has 0 unspecified atom stereocenters. The summed E-state index contributed by atoms with van der Waals surface area (Å²) < 4.78 is 44.1. The van der Waals surface area contributed by atoms with Gasteiger partial charge in [-0.3, -0.25) is 9.69 Å². The van der Waals surface area contributed by atoms with E-state index in [1.807, 2.05) is 31.2 Å². The Kier molecular flexibility index (Phi) is 7.57. The minimum atomic E-state index is -3.98. The number of aromatic nitrogens is 1. The number of hydrogen-bond donors (Lipinski definition) is 0. The third-order valence-electron chi connectivity index (χ3n) is 6.11. The van der Waals surface area contributed by atoms with Crippen molar-refractivity contribution >= 4 is 56.0 Å². The van der Waals surface area contributed by atoms with E-state index in [0.29, 0.717) is 42.1 Å². The lowest BCUT2D eigenvalue weighted by Crippen LogP contribution is -2.36. The smallest absolute Gasteiger partial charge is 0.266 e. The zero-order chi connectivity index (χ0) is 26.9. The Hall–Kier alpha value is -3.19. The Bertz CT molecular complexity index is 1490. The molecule has 2 aliphatic heterocycles. The second-order valence-electron chi connectivity index (χ2n) is 8.69. The Morgan fingerprint density at radius 2 is 1.79 bits per heavy atom. The van der Waals surface area contributed by atoms with E-state index in [2.05, 4.69) is 4.98 Å². The first-order valence-electron chi connectivity index (χ1n) is 11.8. The van der Waals surface area contributed by atoms with Crippen LogP contribution in [-0.4, -0.2) is 61.9 Å². The largest absolute Gasteiger partial charge is 0.497 e. The van der Waals surface area contributed by atoms with Gasteiger partial charge in [0.25, 0.3) is 5.91 Å². The molecule has 0 atom stereocenters. The fourth-order valence-electron chi connectivity index (χ4n) is 4.01. The molecular formula is C26H25N3O6S3. The van der Waals surface area contributed by atoms with Crippen LogP contribution in [0.5, 0.6) is 5.75 Å². The molecule has 1 aromatic heterocycles. The molecule has 2 saturated heterocycles. The summed E-state index contributed by atoms with van der Waals surface area (Å²) in [5.41, 5.74) is 1.83. The van der Waals surface area contributed by atoms with Gasteiger partial charge >= 0.3 is 0 Å². The zero-order valence-corrected chi connectivity index (χ0v) is 23.2. The van der Waals surface area contributed by atoms with E-state index in [-0.39, 0.29) is 27.6 Å². The number of methoxy groups -OCH3 is 1. The average molecular weight is 572 g/mol. The van der Waals surface area contributed by atoms with Gasteiger partial charge in [-0.1, -0.05) is 53.8 Å². The minimum absolute atomic E-state index is 0.0159. The van der Waals surface area contributed by atoms with Crippen molar-refractivity contribution in [2.75, 3.05) is 38.3 Å². The van der Waals surface area contributed by atoms with Crippen molar-refractivity contribution in [1.82, 2.24) is 9.88 Å². The van der Waals surface area contributed by atoms with Gasteiger partial charge in [0.2, 0.25) is 26.6 Å². The number of anilines is 1. The number of thiocarbonyl (C=S) groups is 1.